The summed E-state index contributed by atoms with van der Waals surface area (Å²) in [6.07, 6.45) is 5.46. The molecule has 2 heteroatoms. The lowest BCUT2D eigenvalue weighted by Gasteiger charge is -2.21. The number of hydrogen-bond donors (Lipinski definition) is 2. The van der Waals surface area contributed by atoms with Gasteiger partial charge >= 0.3 is 0 Å². The predicted octanol–water partition coefficient (Wildman–Crippen LogP) is 1.70. The lowest BCUT2D eigenvalue weighted by atomic mass is 9.94. The Labute approximate surface area is 69.0 Å². The highest BCUT2D eigenvalue weighted by Crippen LogP contribution is 2.17. The lowest BCUT2D eigenvalue weighted by molar-refractivity contribution is 0.352. The minimum absolute atomic E-state index is 0.994. The molecule has 1 aliphatic heterocycles. The maximum Gasteiger partial charge on any atom is -0.00463 e. The van der Waals surface area contributed by atoms with Gasteiger partial charge in [0.15, 0.2) is 0 Å². The molecule has 0 unspecified atom stereocenters. The van der Waals surface area contributed by atoms with Crippen molar-refractivity contribution in [3.63, 3.8) is 0 Å². The summed E-state index contributed by atoms with van der Waals surface area (Å²) in [7, 11) is 0. The molecule has 1 N–H and O–H groups in total. The van der Waals surface area contributed by atoms with E-state index in [4.69, 9.17) is 0 Å². The summed E-state index contributed by atoms with van der Waals surface area (Å²) in [6.45, 7) is 2.47. The van der Waals surface area contributed by atoms with Crippen molar-refractivity contribution in [2.75, 3.05) is 18.8 Å². The SMILES string of the molecule is SCCCC1CCNCC1. The van der Waals surface area contributed by atoms with Crippen LogP contribution in [-0.4, -0.2) is 18.8 Å². The molecule has 1 fully saturated rings. The Morgan fingerprint density at radius 2 is 2.00 bits per heavy atom. The van der Waals surface area contributed by atoms with Gasteiger partial charge in [-0.25, -0.2) is 0 Å². The third kappa shape index (κ3) is 2.93. The molecule has 0 atom stereocenters. The maximum absolute atomic E-state index is 4.20. The van der Waals surface area contributed by atoms with Crippen LogP contribution in [0.25, 0.3) is 0 Å². The Bertz CT molecular complexity index is 79.3. The van der Waals surface area contributed by atoms with E-state index >= 15 is 0 Å². The highest BCUT2D eigenvalue weighted by atomic mass is 32.1. The van der Waals surface area contributed by atoms with Crippen molar-refractivity contribution in [3.05, 3.63) is 0 Å². The molecule has 60 valence electrons. The second-order valence-corrected chi connectivity index (χ2v) is 3.51. The molecule has 0 bridgehead atoms. The van der Waals surface area contributed by atoms with E-state index in [1.54, 1.807) is 0 Å². The van der Waals surface area contributed by atoms with Gasteiger partial charge < -0.3 is 5.32 Å². The summed E-state index contributed by atoms with van der Waals surface area (Å²) >= 11 is 4.20. The third-order valence-corrected chi connectivity index (χ3v) is 2.55. The highest BCUT2D eigenvalue weighted by molar-refractivity contribution is 7.80. The smallest absolute Gasteiger partial charge is 0.00463 e. The maximum atomic E-state index is 4.20. The molecule has 1 heterocycles. The van der Waals surface area contributed by atoms with Crippen molar-refractivity contribution < 1.29 is 0 Å². The van der Waals surface area contributed by atoms with E-state index in [1.807, 2.05) is 0 Å². The summed E-state index contributed by atoms with van der Waals surface area (Å²) in [5.74, 6) is 2.05. The molecule has 1 rings (SSSR count). The fourth-order valence-electron chi connectivity index (χ4n) is 1.55. The van der Waals surface area contributed by atoms with Crippen LogP contribution in [0.3, 0.4) is 0 Å². The second kappa shape index (κ2) is 5.03. The molecular formula is C8H17NS. The van der Waals surface area contributed by atoms with E-state index in [9.17, 15) is 0 Å². The Hall–Kier alpha value is 0.310. The zero-order chi connectivity index (χ0) is 7.23. The van der Waals surface area contributed by atoms with Crippen molar-refractivity contribution in [2.24, 2.45) is 5.92 Å². The Morgan fingerprint density at radius 1 is 1.30 bits per heavy atom. The van der Waals surface area contributed by atoms with E-state index < -0.39 is 0 Å². The second-order valence-electron chi connectivity index (χ2n) is 3.06. The van der Waals surface area contributed by atoms with E-state index in [0.29, 0.717) is 0 Å². The topological polar surface area (TPSA) is 12.0 Å². The highest BCUT2D eigenvalue weighted by Gasteiger charge is 2.11. The van der Waals surface area contributed by atoms with Crippen molar-refractivity contribution in [2.45, 2.75) is 25.7 Å². The van der Waals surface area contributed by atoms with Crippen LogP contribution in [0.1, 0.15) is 25.7 Å². The van der Waals surface area contributed by atoms with Crippen LogP contribution in [-0.2, 0) is 0 Å². The quantitative estimate of drug-likeness (QED) is 0.597. The summed E-state index contributed by atoms with van der Waals surface area (Å²) in [5.41, 5.74) is 0. The van der Waals surface area contributed by atoms with E-state index in [0.717, 1.165) is 11.7 Å². The first kappa shape index (κ1) is 8.41. The summed E-state index contributed by atoms with van der Waals surface area (Å²) in [5, 5.41) is 3.37. The van der Waals surface area contributed by atoms with Gasteiger partial charge in [-0.1, -0.05) is 0 Å². The van der Waals surface area contributed by atoms with Crippen molar-refractivity contribution >= 4 is 12.6 Å². The van der Waals surface area contributed by atoms with Gasteiger partial charge in [0.25, 0.3) is 0 Å². The lowest BCUT2D eigenvalue weighted by Crippen LogP contribution is -2.27. The van der Waals surface area contributed by atoms with Crippen LogP contribution < -0.4 is 5.32 Å². The minimum Gasteiger partial charge on any atom is -0.317 e. The minimum atomic E-state index is 0.994. The average molecular weight is 159 g/mol. The van der Waals surface area contributed by atoms with Crippen LogP contribution in [0, 0.1) is 5.92 Å². The molecule has 10 heavy (non-hydrogen) atoms. The molecule has 0 radical (unpaired) electrons. The first-order valence-corrected chi connectivity index (χ1v) is 4.88. The van der Waals surface area contributed by atoms with Gasteiger partial charge in [0, 0.05) is 0 Å². The molecule has 0 aromatic rings. The number of hydrogen-bond acceptors (Lipinski definition) is 2. The average Bonchev–Trinajstić information content (AvgIpc) is 2.03. The van der Waals surface area contributed by atoms with Crippen LogP contribution in [0.15, 0.2) is 0 Å². The van der Waals surface area contributed by atoms with Crippen LogP contribution >= 0.6 is 12.6 Å². The zero-order valence-electron chi connectivity index (χ0n) is 6.47. The van der Waals surface area contributed by atoms with Gasteiger partial charge in [-0.2, -0.15) is 12.6 Å². The van der Waals surface area contributed by atoms with E-state index in [1.165, 1.54) is 38.8 Å². The number of piperidine rings is 1. The largest absolute Gasteiger partial charge is 0.317 e. The van der Waals surface area contributed by atoms with Crippen molar-refractivity contribution in [1.82, 2.24) is 5.32 Å². The molecule has 1 aliphatic rings. The molecule has 0 spiro atoms. The van der Waals surface area contributed by atoms with Gasteiger partial charge in [-0.05, 0) is 50.4 Å². The third-order valence-electron chi connectivity index (χ3n) is 2.23. The molecule has 1 nitrogen and oxygen atoms in total. The van der Waals surface area contributed by atoms with Gasteiger partial charge in [-0.15, -0.1) is 0 Å². The fraction of sp³-hybridized carbons (Fsp3) is 1.00. The number of rotatable bonds is 3. The van der Waals surface area contributed by atoms with Gasteiger partial charge in [0.2, 0.25) is 0 Å². The molecule has 0 amide bonds. The van der Waals surface area contributed by atoms with Gasteiger partial charge in [0.05, 0.1) is 0 Å². The molecule has 0 aromatic heterocycles. The Balaban J connectivity index is 2.02. The summed E-state index contributed by atoms with van der Waals surface area (Å²) in [4.78, 5) is 0. The first-order valence-electron chi connectivity index (χ1n) is 4.25. The predicted molar refractivity (Wildman–Crippen MR) is 48.7 cm³/mol. The van der Waals surface area contributed by atoms with Crippen LogP contribution in [0.5, 0.6) is 0 Å². The van der Waals surface area contributed by atoms with Gasteiger partial charge in [-0.3, -0.25) is 0 Å². The van der Waals surface area contributed by atoms with Crippen molar-refractivity contribution in [1.29, 1.82) is 0 Å². The zero-order valence-corrected chi connectivity index (χ0v) is 7.37. The normalized spacial score (nSPS) is 21.3. The molecule has 1 saturated heterocycles. The van der Waals surface area contributed by atoms with Crippen molar-refractivity contribution in [3.8, 4) is 0 Å². The molecular weight excluding hydrogens is 142 g/mol. The fourth-order valence-corrected chi connectivity index (χ4v) is 1.73. The molecule has 0 saturated carbocycles. The number of nitrogens with one attached hydrogen (secondary N) is 1. The number of thiol groups is 1. The van der Waals surface area contributed by atoms with Gasteiger partial charge in [0.1, 0.15) is 0 Å². The summed E-state index contributed by atoms with van der Waals surface area (Å²) in [6, 6.07) is 0. The Kier molecular flexibility index (Phi) is 4.23. The molecule has 0 aromatic carbocycles. The van der Waals surface area contributed by atoms with E-state index in [-0.39, 0.29) is 0 Å². The van der Waals surface area contributed by atoms with E-state index in [2.05, 4.69) is 17.9 Å². The van der Waals surface area contributed by atoms with Crippen LogP contribution in [0.4, 0.5) is 0 Å². The Morgan fingerprint density at radius 3 is 2.60 bits per heavy atom. The first-order chi connectivity index (χ1) is 4.93. The summed E-state index contributed by atoms with van der Waals surface area (Å²) < 4.78 is 0. The molecule has 0 aliphatic carbocycles. The monoisotopic (exact) mass is 159 g/mol. The van der Waals surface area contributed by atoms with Crippen LogP contribution in [0.2, 0.25) is 0 Å². The standard InChI is InChI=1S/C8H17NS/c10-7-1-2-8-3-5-9-6-4-8/h8-10H,1-7H2.